The molecule has 0 aromatic rings. The molecule has 2 fully saturated rings. The second-order valence-corrected chi connectivity index (χ2v) is 4.39. The number of carbonyl (C=O) groups excluding carboxylic acids is 2. The van der Waals surface area contributed by atoms with Crippen molar-refractivity contribution in [3.8, 4) is 0 Å². The zero-order chi connectivity index (χ0) is 13.1. The molecule has 2 heterocycles. The lowest BCUT2D eigenvalue weighted by Gasteiger charge is -2.26. The van der Waals surface area contributed by atoms with Crippen LogP contribution in [0.2, 0.25) is 0 Å². The van der Waals surface area contributed by atoms with Crippen molar-refractivity contribution in [2.24, 2.45) is 0 Å². The fourth-order valence-corrected chi connectivity index (χ4v) is 2.19. The molecular formula is C14H16O4. The highest BCUT2D eigenvalue weighted by Gasteiger charge is 2.32. The Labute approximate surface area is 106 Å². The second kappa shape index (κ2) is 5.21. The Kier molecular flexibility index (Phi) is 3.65. The Morgan fingerprint density at radius 1 is 0.889 bits per heavy atom. The van der Waals surface area contributed by atoms with Gasteiger partial charge in [-0.05, 0) is 25.7 Å². The minimum atomic E-state index is -0.421. The van der Waals surface area contributed by atoms with Crippen LogP contribution < -0.4 is 0 Å². The van der Waals surface area contributed by atoms with Gasteiger partial charge in [-0.25, -0.2) is 9.59 Å². The van der Waals surface area contributed by atoms with Gasteiger partial charge in [0.1, 0.15) is 12.2 Å². The first-order valence-corrected chi connectivity index (χ1v) is 6.04. The largest absolute Gasteiger partial charge is 0.455 e. The predicted molar refractivity (Wildman–Crippen MR) is 65.6 cm³/mol. The predicted octanol–water partition coefficient (Wildman–Crippen LogP) is 2.07. The minimum absolute atomic E-state index is 0.248. The van der Waals surface area contributed by atoms with Crippen molar-refractivity contribution in [3.63, 3.8) is 0 Å². The Hall–Kier alpha value is -1.84. The van der Waals surface area contributed by atoms with Crippen LogP contribution in [0.15, 0.2) is 36.5 Å². The van der Waals surface area contributed by atoms with E-state index in [0.717, 1.165) is 0 Å². The molecule has 2 atom stereocenters. The molecule has 96 valence electrons. The van der Waals surface area contributed by atoms with Gasteiger partial charge in [0.2, 0.25) is 0 Å². The van der Waals surface area contributed by atoms with Gasteiger partial charge in [0.15, 0.2) is 0 Å². The molecule has 2 aliphatic heterocycles. The second-order valence-electron chi connectivity index (χ2n) is 4.39. The maximum atomic E-state index is 11.8. The van der Waals surface area contributed by atoms with Crippen LogP contribution in [-0.4, -0.2) is 24.1 Å². The Morgan fingerprint density at radius 2 is 1.28 bits per heavy atom. The van der Waals surface area contributed by atoms with Crippen LogP contribution in [0, 0.1) is 0 Å². The van der Waals surface area contributed by atoms with Gasteiger partial charge in [0, 0.05) is 11.1 Å². The highest BCUT2D eigenvalue weighted by Crippen LogP contribution is 2.29. The molecule has 0 aromatic carbocycles. The highest BCUT2D eigenvalue weighted by atomic mass is 16.6. The molecule has 0 aliphatic carbocycles. The SMILES string of the molecule is C=CC1CC/C(=C2\CCC(C=C)OC2=O)C(=O)O1. The molecule has 2 rings (SSSR count). The number of hydrogen-bond donors (Lipinski definition) is 0. The third kappa shape index (κ3) is 2.37. The molecule has 0 aromatic heterocycles. The quantitative estimate of drug-likeness (QED) is 0.426. The first kappa shape index (κ1) is 12.6. The third-order valence-electron chi connectivity index (χ3n) is 3.26. The van der Waals surface area contributed by atoms with Crippen LogP contribution >= 0.6 is 0 Å². The topological polar surface area (TPSA) is 52.6 Å². The first-order chi connectivity index (χ1) is 8.65. The first-order valence-electron chi connectivity index (χ1n) is 6.04. The summed E-state index contributed by atoms with van der Waals surface area (Å²) in [6, 6.07) is 0. The standard InChI is InChI=1S/C14H16O4/c1-3-9-5-7-11(13(15)17-9)12-8-6-10(4-2)18-14(12)16/h3-4,9-10H,1-2,5-8H2/b12-11-. The number of cyclic esters (lactones) is 2. The maximum absolute atomic E-state index is 11.8. The summed E-state index contributed by atoms with van der Waals surface area (Å²) in [4.78, 5) is 23.6. The van der Waals surface area contributed by atoms with Crippen molar-refractivity contribution >= 4 is 11.9 Å². The van der Waals surface area contributed by atoms with Gasteiger partial charge in [0.25, 0.3) is 0 Å². The lowest BCUT2D eigenvalue weighted by molar-refractivity contribution is -0.149. The van der Waals surface area contributed by atoms with Crippen LogP contribution in [0.4, 0.5) is 0 Å². The van der Waals surface area contributed by atoms with Gasteiger partial charge in [-0.15, -0.1) is 0 Å². The van der Waals surface area contributed by atoms with Crippen LogP contribution in [-0.2, 0) is 19.1 Å². The smallest absolute Gasteiger partial charge is 0.335 e. The van der Waals surface area contributed by atoms with Crippen LogP contribution in [0.5, 0.6) is 0 Å². The summed E-state index contributed by atoms with van der Waals surface area (Å²) in [6.45, 7) is 7.19. The van der Waals surface area contributed by atoms with E-state index in [0.29, 0.717) is 36.8 Å². The molecule has 0 saturated carbocycles. The summed E-state index contributed by atoms with van der Waals surface area (Å²) in [5, 5.41) is 0. The van der Waals surface area contributed by atoms with E-state index < -0.39 is 11.9 Å². The number of hydrogen-bond acceptors (Lipinski definition) is 4. The van der Waals surface area contributed by atoms with E-state index in [1.54, 1.807) is 12.2 Å². The molecule has 4 heteroatoms. The molecule has 18 heavy (non-hydrogen) atoms. The lowest BCUT2D eigenvalue weighted by Crippen LogP contribution is -2.30. The molecule has 0 amide bonds. The van der Waals surface area contributed by atoms with Gasteiger partial charge < -0.3 is 9.47 Å². The normalized spacial score (nSPS) is 32.4. The van der Waals surface area contributed by atoms with E-state index in [4.69, 9.17) is 9.47 Å². The minimum Gasteiger partial charge on any atom is -0.455 e. The summed E-state index contributed by atoms with van der Waals surface area (Å²) in [6.07, 6.45) is 5.14. The van der Waals surface area contributed by atoms with Crippen molar-refractivity contribution in [3.05, 3.63) is 36.5 Å². The fourth-order valence-electron chi connectivity index (χ4n) is 2.19. The zero-order valence-corrected chi connectivity index (χ0v) is 10.2. The van der Waals surface area contributed by atoms with Crippen molar-refractivity contribution in [1.29, 1.82) is 0 Å². The van der Waals surface area contributed by atoms with Crippen molar-refractivity contribution in [2.45, 2.75) is 37.9 Å². The maximum Gasteiger partial charge on any atom is 0.335 e. The summed E-state index contributed by atoms with van der Waals surface area (Å²) in [7, 11) is 0. The molecule has 2 unspecified atom stereocenters. The van der Waals surface area contributed by atoms with E-state index in [1.165, 1.54) is 0 Å². The molecule has 0 N–H and O–H groups in total. The molecule has 2 saturated heterocycles. The number of rotatable bonds is 2. The number of ether oxygens (including phenoxy) is 2. The summed E-state index contributed by atoms with van der Waals surface area (Å²) < 4.78 is 10.3. The van der Waals surface area contributed by atoms with Gasteiger partial charge in [-0.3, -0.25) is 0 Å². The zero-order valence-electron chi connectivity index (χ0n) is 10.2. The van der Waals surface area contributed by atoms with Gasteiger partial charge in [0.05, 0.1) is 0 Å². The monoisotopic (exact) mass is 248 g/mol. The van der Waals surface area contributed by atoms with Crippen LogP contribution in [0.1, 0.15) is 25.7 Å². The summed E-state index contributed by atoms with van der Waals surface area (Å²) >= 11 is 0. The molecule has 0 spiro atoms. The van der Waals surface area contributed by atoms with E-state index in [1.807, 2.05) is 0 Å². The average Bonchev–Trinajstić information content (AvgIpc) is 2.39. The average molecular weight is 248 g/mol. The van der Waals surface area contributed by atoms with Gasteiger partial charge >= 0.3 is 11.9 Å². The Balaban J connectivity index is 2.17. The van der Waals surface area contributed by atoms with E-state index in [9.17, 15) is 9.59 Å². The molecule has 4 nitrogen and oxygen atoms in total. The number of carbonyl (C=O) groups is 2. The molecule has 0 radical (unpaired) electrons. The van der Waals surface area contributed by atoms with Crippen molar-refractivity contribution in [1.82, 2.24) is 0 Å². The van der Waals surface area contributed by atoms with Crippen LogP contribution in [0.25, 0.3) is 0 Å². The fraction of sp³-hybridized carbons (Fsp3) is 0.429. The summed E-state index contributed by atoms with van der Waals surface area (Å²) in [5.41, 5.74) is 0.918. The lowest BCUT2D eigenvalue weighted by atomic mass is 9.93. The van der Waals surface area contributed by atoms with Gasteiger partial charge in [-0.1, -0.05) is 25.3 Å². The van der Waals surface area contributed by atoms with Crippen LogP contribution in [0.3, 0.4) is 0 Å². The van der Waals surface area contributed by atoms with E-state index >= 15 is 0 Å². The van der Waals surface area contributed by atoms with Crippen molar-refractivity contribution < 1.29 is 19.1 Å². The molecular weight excluding hydrogens is 232 g/mol. The van der Waals surface area contributed by atoms with E-state index in [-0.39, 0.29) is 12.2 Å². The highest BCUT2D eigenvalue weighted by molar-refractivity contribution is 6.01. The molecule has 2 aliphatic rings. The Morgan fingerprint density at radius 3 is 1.56 bits per heavy atom. The van der Waals surface area contributed by atoms with E-state index in [2.05, 4.69) is 13.2 Å². The third-order valence-corrected chi connectivity index (χ3v) is 3.26. The van der Waals surface area contributed by atoms with Gasteiger partial charge in [-0.2, -0.15) is 0 Å². The number of esters is 2. The molecule has 0 bridgehead atoms. The Bertz CT molecular complexity index is 393. The van der Waals surface area contributed by atoms with Crippen molar-refractivity contribution in [2.75, 3.05) is 0 Å². The summed E-state index contributed by atoms with van der Waals surface area (Å²) in [5.74, 6) is -0.842.